The number of fused-ring (bicyclic) bond motifs is 1. The molecular formula is C18H15CaClN2O6S. The van der Waals surface area contributed by atoms with Crippen LogP contribution in [0.4, 0.5) is 11.4 Å². The molecule has 3 aromatic carbocycles. The summed E-state index contributed by atoms with van der Waals surface area (Å²) in [5, 5.41) is 28.4. The van der Waals surface area contributed by atoms with Crippen molar-refractivity contribution in [3.05, 3.63) is 58.6 Å². The van der Waals surface area contributed by atoms with Gasteiger partial charge in [0, 0.05) is 10.4 Å². The van der Waals surface area contributed by atoms with Gasteiger partial charge in [0.05, 0.1) is 0 Å². The molecule has 0 saturated carbocycles. The zero-order chi connectivity index (χ0) is 20.6. The van der Waals surface area contributed by atoms with Crippen LogP contribution in [0.1, 0.15) is 15.9 Å². The van der Waals surface area contributed by atoms with Gasteiger partial charge >= 0.3 is 43.7 Å². The standard InChI is InChI=1S/C18H13ClN2O6S.Ca.2H/c1-9-6-15(28(25,26)27)14(8-13(9)19)20-21-16-11-5-3-2-4-10(11)7-12(17(16)22)18(23)24;;;/h2-8,22H,1H3,(H,23,24)(H,25,26,27);;;. The molecule has 8 nitrogen and oxygen atoms in total. The Morgan fingerprint density at radius 2 is 1.76 bits per heavy atom. The first-order valence-electron chi connectivity index (χ1n) is 7.77. The molecule has 29 heavy (non-hydrogen) atoms. The predicted molar refractivity (Wildman–Crippen MR) is 111 cm³/mol. The summed E-state index contributed by atoms with van der Waals surface area (Å²) in [4.78, 5) is 10.9. The van der Waals surface area contributed by atoms with E-state index in [9.17, 15) is 28.0 Å². The number of rotatable bonds is 4. The second kappa shape index (κ2) is 8.95. The van der Waals surface area contributed by atoms with Crippen molar-refractivity contribution in [3.63, 3.8) is 0 Å². The molecule has 0 aliphatic carbocycles. The maximum absolute atomic E-state index is 11.6. The number of halogens is 1. The molecule has 0 radical (unpaired) electrons. The molecule has 148 valence electrons. The van der Waals surface area contributed by atoms with E-state index in [1.165, 1.54) is 12.1 Å². The van der Waals surface area contributed by atoms with Crippen LogP contribution < -0.4 is 0 Å². The van der Waals surface area contributed by atoms with Crippen LogP contribution in [0.2, 0.25) is 5.02 Å². The fourth-order valence-electron chi connectivity index (χ4n) is 2.61. The molecule has 0 aliphatic rings. The van der Waals surface area contributed by atoms with Gasteiger partial charge in [-0.3, -0.25) is 4.55 Å². The summed E-state index contributed by atoms with van der Waals surface area (Å²) in [6.45, 7) is 1.55. The fraction of sp³-hybridized carbons (Fsp3) is 0.0556. The van der Waals surface area contributed by atoms with E-state index in [0.717, 1.165) is 6.07 Å². The molecule has 3 aromatic rings. The minimum atomic E-state index is -4.62. The van der Waals surface area contributed by atoms with E-state index < -0.39 is 26.7 Å². The number of nitrogens with zero attached hydrogens (tertiary/aromatic N) is 2. The number of carbonyl (C=O) groups is 1. The summed E-state index contributed by atoms with van der Waals surface area (Å²) in [6, 6.07) is 10.2. The van der Waals surface area contributed by atoms with Crippen LogP contribution in [0.15, 0.2) is 57.6 Å². The van der Waals surface area contributed by atoms with Gasteiger partial charge in [0.2, 0.25) is 0 Å². The van der Waals surface area contributed by atoms with Crippen LogP contribution in [-0.2, 0) is 10.1 Å². The molecular weight excluding hydrogens is 448 g/mol. The molecule has 0 unspecified atom stereocenters. The number of aromatic carboxylic acids is 1. The van der Waals surface area contributed by atoms with Crippen LogP contribution in [0.5, 0.6) is 5.75 Å². The number of carboxylic acids is 1. The van der Waals surface area contributed by atoms with Crippen LogP contribution in [0.3, 0.4) is 0 Å². The third kappa shape index (κ3) is 4.88. The van der Waals surface area contributed by atoms with Crippen molar-refractivity contribution in [2.24, 2.45) is 10.2 Å². The Morgan fingerprint density at radius 1 is 1.10 bits per heavy atom. The number of carboxylic acid groups (broad SMARTS) is 1. The van der Waals surface area contributed by atoms with E-state index >= 15 is 0 Å². The number of azo groups is 1. The Morgan fingerprint density at radius 3 is 2.38 bits per heavy atom. The van der Waals surface area contributed by atoms with Crippen LogP contribution in [0.25, 0.3) is 10.8 Å². The summed E-state index contributed by atoms with van der Waals surface area (Å²) >= 11 is 6.01. The predicted octanol–water partition coefficient (Wildman–Crippen LogP) is 3.95. The third-order valence-corrected chi connectivity index (χ3v) is 5.29. The number of hydrogen-bond donors (Lipinski definition) is 3. The van der Waals surface area contributed by atoms with Crippen molar-refractivity contribution < 1.29 is 28.0 Å². The van der Waals surface area contributed by atoms with Gasteiger partial charge < -0.3 is 10.2 Å². The molecule has 0 aromatic heterocycles. The van der Waals surface area contributed by atoms with E-state index in [0.29, 0.717) is 16.3 Å². The Hall–Kier alpha value is -1.75. The second-order valence-corrected chi connectivity index (χ2v) is 7.69. The number of aromatic hydroxyl groups is 1. The van der Waals surface area contributed by atoms with E-state index in [4.69, 9.17) is 11.6 Å². The van der Waals surface area contributed by atoms with Gasteiger partial charge in [0.1, 0.15) is 21.8 Å². The topological polar surface area (TPSA) is 137 Å². The zero-order valence-corrected chi connectivity index (χ0v) is 15.9. The van der Waals surface area contributed by atoms with Gasteiger partial charge in [-0.05, 0) is 36.1 Å². The first-order chi connectivity index (χ1) is 13.1. The van der Waals surface area contributed by atoms with Crippen molar-refractivity contribution in [3.8, 4) is 5.75 Å². The van der Waals surface area contributed by atoms with Crippen LogP contribution in [0, 0.1) is 6.92 Å². The van der Waals surface area contributed by atoms with Crippen molar-refractivity contribution >= 4 is 87.6 Å². The molecule has 0 fully saturated rings. The average Bonchev–Trinajstić information content (AvgIpc) is 2.61. The molecule has 0 bridgehead atoms. The summed E-state index contributed by atoms with van der Waals surface area (Å²) in [6.07, 6.45) is 0. The fourth-order valence-corrected chi connectivity index (χ4v) is 3.46. The number of aryl methyl sites for hydroxylation is 1. The molecule has 3 rings (SSSR count). The van der Waals surface area contributed by atoms with Gasteiger partial charge in [0.25, 0.3) is 10.1 Å². The third-order valence-electron chi connectivity index (χ3n) is 4.00. The van der Waals surface area contributed by atoms with Crippen LogP contribution >= 0.6 is 11.6 Å². The van der Waals surface area contributed by atoms with Gasteiger partial charge in [-0.15, -0.1) is 10.2 Å². The van der Waals surface area contributed by atoms with Crippen molar-refractivity contribution in [2.75, 3.05) is 0 Å². The maximum atomic E-state index is 11.6. The van der Waals surface area contributed by atoms with E-state index in [1.54, 1.807) is 31.2 Å². The molecule has 0 aliphatic heterocycles. The molecule has 3 N–H and O–H groups in total. The molecule has 0 spiro atoms. The van der Waals surface area contributed by atoms with Crippen molar-refractivity contribution in [1.29, 1.82) is 0 Å². The van der Waals surface area contributed by atoms with E-state index in [-0.39, 0.29) is 59.7 Å². The molecule has 0 heterocycles. The van der Waals surface area contributed by atoms with Gasteiger partial charge in [0.15, 0.2) is 5.75 Å². The summed E-state index contributed by atoms with van der Waals surface area (Å²) in [7, 11) is -4.62. The zero-order valence-electron chi connectivity index (χ0n) is 14.3. The quantitative estimate of drug-likeness (QED) is 0.305. The van der Waals surface area contributed by atoms with E-state index in [2.05, 4.69) is 10.2 Å². The molecule has 0 amide bonds. The van der Waals surface area contributed by atoms with Crippen molar-refractivity contribution in [1.82, 2.24) is 0 Å². The number of benzene rings is 3. The Bertz CT molecular complexity index is 1260. The first-order valence-corrected chi connectivity index (χ1v) is 9.58. The Labute approximate surface area is 200 Å². The SMILES string of the molecule is Cc1cc(S(=O)(=O)O)c(N=Nc2c(O)c(C(=O)O)cc3ccccc23)cc1Cl.[CaH2]. The normalized spacial score (nSPS) is 11.6. The molecule has 0 atom stereocenters. The minimum absolute atomic E-state index is 0. The Kier molecular flexibility index (Phi) is 7.26. The van der Waals surface area contributed by atoms with Gasteiger partial charge in [-0.25, -0.2) is 4.79 Å². The van der Waals surface area contributed by atoms with Crippen molar-refractivity contribution in [2.45, 2.75) is 11.8 Å². The van der Waals surface area contributed by atoms with Gasteiger partial charge in [-0.1, -0.05) is 35.9 Å². The summed E-state index contributed by atoms with van der Waals surface area (Å²) < 4.78 is 32.7. The first kappa shape index (κ1) is 23.5. The van der Waals surface area contributed by atoms with E-state index in [1.807, 2.05) is 0 Å². The molecule has 0 saturated heterocycles. The Balaban J connectivity index is 0.00000300. The monoisotopic (exact) mass is 462 g/mol. The van der Waals surface area contributed by atoms with Crippen LogP contribution in [-0.4, -0.2) is 66.9 Å². The summed E-state index contributed by atoms with van der Waals surface area (Å²) in [5.41, 5.74) is -0.408. The number of hydrogen-bond acceptors (Lipinski definition) is 6. The summed E-state index contributed by atoms with van der Waals surface area (Å²) in [5.74, 6) is -1.99. The second-order valence-electron chi connectivity index (χ2n) is 5.89. The van der Waals surface area contributed by atoms with Gasteiger partial charge in [-0.2, -0.15) is 8.42 Å². The number of phenols is 1. The molecule has 11 heteroatoms. The average molecular weight is 463 g/mol.